The molecule has 0 aromatic heterocycles. The molecule has 0 amide bonds. The van der Waals surface area contributed by atoms with Gasteiger partial charge >= 0.3 is 29.6 Å². The molecule has 0 saturated heterocycles. The molecule has 0 N–H and O–H groups in total. The van der Waals surface area contributed by atoms with Crippen LogP contribution in [0.1, 0.15) is 0 Å². The Morgan fingerprint density at radius 2 is 0.714 bits per heavy atom. The van der Waals surface area contributed by atoms with E-state index in [-0.39, 0.29) is 29.6 Å². The Morgan fingerprint density at radius 1 is 0.476 bits per heavy atom. The summed E-state index contributed by atoms with van der Waals surface area (Å²) in [5.41, 5.74) is 0. The molecular weight excluding hydrogens is 282 g/mol. The third-order valence-electron chi connectivity index (χ3n) is 3.59. The van der Waals surface area contributed by atoms with Gasteiger partial charge in [-0.25, -0.2) is 0 Å². The van der Waals surface area contributed by atoms with Crippen LogP contribution in [0.5, 0.6) is 0 Å². The summed E-state index contributed by atoms with van der Waals surface area (Å²) >= 11 is 0. The Bertz CT molecular complexity index is 618. The summed E-state index contributed by atoms with van der Waals surface area (Å²) in [6.07, 6.45) is 4.69. The van der Waals surface area contributed by atoms with Crippen LogP contribution in [-0.2, 0) is 0 Å². The van der Waals surface area contributed by atoms with Crippen molar-refractivity contribution in [3.05, 3.63) is 91.0 Å². The fourth-order valence-corrected chi connectivity index (χ4v) is 5.43. The molecule has 0 aliphatic heterocycles. The van der Waals surface area contributed by atoms with E-state index < -0.39 is 6.89 Å². The number of hydrogen-bond acceptors (Lipinski definition) is 0. The molecule has 0 spiro atoms. The van der Waals surface area contributed by atoms with Crippen molar-refractivity contribution >= 4 is 58.7 Å². The molecule has 0 bridgehead atoms. The van der Waals surface area contributed by atoms with E-state index in [0.29, 0.717) is 0 Å². The zero-order valence-corrected chi connectivity index (χ0v) is 12.2. The van der Waals surface area contributed by atoms with Gasteiger partial charge in [0.15, 0.2) is 0 Å². The molecule has 100 valence electrons. The van der Waals surface area contributed by atoms with E-state index in [1.165, 1.54) is 15.9 Å². The monoisotopic (exact) mass is 300 g/mol. The standard InChI is InChI=1S/C19H17P.Na.H/c1-20(17-11-5-2-6-12-17,18-13-7-3-8-14-18)19-15-9-4-10-16-19;;/h2-16H,1H2;;. The van der Waals surface area contributed by atoms with Gasteiger partial charge in [0.2, 0.25) is 0 Å². The molecule has 21 heavy (non-hydrogen) atoms. The van der Waals surface area contributed by atoms with Crippen molar-refractivity contribution < 1.29 is 0 Å². The van der Waals surface area contributed by atoms with Crippen molar-refractivity contribution in [2.75, 3.05) is 0 Å². The molecule has 3 aromatic rings. The predicted molar refractivity (Wildman–Crippen MR) is 99.4 cm³/mol. The van der Waals surface area contributed by atoms with Crippen LogP contribution in [0.15, 0.2) is 91.0 Å². The predicted octanol–water partition coefficient (Wildman–Crippen LogP) is 2.76. The van der Waals surface area contributed by atoms with Crippen LogP contribution >= 0.6 is 6.89 Å². The van der Waals surface area contributed by atoms with Gasteiger partial charge in [0.1, 0.15) is 0 Å². The average Bonchev–Trinajstić information content (AvgIpc) is 2.56. The van der Waals surface area contributed by atoms with Gasteiger partial charge in [0.25, 0.3) is 0 Å². The molecule has 3 aromatic carbocycles. The van der Waals surface area contributed by atoms with E-state index in [4.69, 9.17) is 6.30 Å². The number of benzene rings is 3. The summed E-state index contributed by atoms with van der Waals surface area (Å²) in [5.74, 6) is 0. The Hall–Kier alpha value is -1.04. The van der Waals surface area contributed by atoms with Crippen molar-refractivity contribution in [2.24, 2.45) is 0 Å². The van der Waals surface area contributed by atoms with Gasteiger partial charge in [-0.2, -0.15) is 0 Å². The van der Waals surface area contributed by atoms with E-state index in [1.54, 1.807) is 0 Å². The first-order valence-corrected chi connectivity index (χ1v) is 8.69. The minimum absolute atomic E-state index is 0. The van der Waals surface area contributed by atoms with Gasteiger partial charge in [-0.05, 0) is 22.8 Å². The van der Waals surface area contributed by atoms with E-state index in [0.717, 1.165) is 0 Å². The van der Waals surface area contributed by atoms with Crippen molar-refractivity contribution in [3.63, 3.8) is 0 Å². The van der Waals surface area contributed by atoms with Gasteiger partial charge in [-0.1, -0.05) is 97.3 Å². The van der Waals surface area contributed by atoms with Crippen LogP contribution in [0.3, 0.4) is 0 Å². The minimum atomic E-state index is -1.78. The second kappa shape index (κ2) is 7.29. The van der Waals surface area contributed by atoms with Gasteiger partial charge in [-0.3, -0.25) is 0 Å². The van der Waals surface area contributed by atoms with Gasteiger partial charge < -0.3 is 0 Å². The van der Waals surface area contributed by atoms with E-state index >= 15 is 0 Å². The van der Waals surface area contributed by atoms with Gasteiger partial charge in [0.05, 0.1) is 0 Å². The molecule has 2 heteroatoms. The first kappa shape index (κ1) is 16.3. The summed E-state index contributed by atoms with van der Waals surface area (Å²) in [6.45, 7) is -1.78. The molecule has 0 fully saturated rings. The molecule has 0 saturated carbocycles. The van der Waals surface area contributed by atoms with Crippen molar-refractivity contribution in [1.29, 1.82) is 0 Å². The van der Waals surface area contributed by atoms with Crippen LogP contribution in [0.4, 0.5) is 0 Å². The normalized spacial score (nSPS) is 10.7. The summed E-state index contributed by atoms with van der Waals surface area (Å²) in [7, 11) is 0. The molecule has 0 aliphatic carbocycles. The zero-order chi connectivity index (χ0) is 13.8. The second-order valence-corrected chi connectivity index (χ2v) is 7.99. The van der Waals surface area contributed by atoms with E-state index in [2.05, 4.69) is 91.0 Å². The summed E-state index contributed by atoms with van der Waals surface area (Å²) in [4.78, 5) is 0. The maximum absolute atomic E-state index is 4.69. The van der Waals surface area contributed by atoms with Crippen LogP contribution in [0.2, 0.25) is 0 Å². The Morgan fingerprint density at radius 3 is 0.952 bits per heavy atom. The molecule has 0 heterocycles. The summed E-state index contributed by atoms with van der Waals surface area (Å²) in [5, 5.41) is 3.95. The van der Waals surface area contributed by atoms with Gasteiger partial charge in [0, 0.05) is 0 Å². The van der Waals surface area contributed by atoms with Gasteiger partial charge in [-0.15, -0.1) is 0 Å². The Kier molecular flexibility index (Phi) is 5.67. The number of hydrogen-bond donors (Lipinski definition) is 0. The van der Waals surface area contributed by atoms with Crippen LogP contribution in [0.25, 0.3) is 0 Å². The third-order valence-corrected chi connectivity index (χ3v) is 7.13. The summed E-state index contributed by atoms with van der Waals surface area (Å²) < 4.78 is 0. The SMILES string of the molecule is C=P(c1ccccc1)(c1ccccc1)c1ccccc1.[NaH]. The molecule has 3 rings (SSSR count). The first-order chi connectivity index (χ1) is 9.82. The second-order valence-electron chi connectivity index (χ2n) is 4.82. The quantitative estimate of drug-likeness (QED) is 0.515. The van der Waals surface area contributed by atoms with Crippen LogP contribution < -0.4 is 15.9 Å². The third kappa shape index (κ3) is 3.25. The van der Waals surface area contributed by atoms with Crippen molar-refractivity contribution in [3.8, 4) is 0 Å². The molecule has 0 unspecified atom stereocenters. The van der Waals surface area contributed by atoms with Crippen LogP contribution in [-0.4, -0.2) is 35.9 Å². The van der Waals surface area contributed by atoms with E-state index in [1.807, 2.05) is 0 Å². The molecular formula is C19H18NaP. The first-order valence-electron chi connectivity index (χ1n) is 6.72. The zero-order valence-electron chi connectivity index (χ0n) is 11.3. The molecule has 0 aliphatic rings. The van der Waals surface area contributed by atoms with Crippen molar-refractivity contribution in [1.82, 2.24) is 0 Å². The van der Waals surface area contributed by atoms with Crippen molar-refractivity contribution in [2.45, 2.75) is 0 Å². The fraction of sp³-hybridized carbons (Fsp3) is 0. The maximum atomic E-state index is 4.69. The van der Waals surface area contributed by atoms with E-state index in [9.17, 15) is 0 Å². The fourth-order valence-electron chi connectivity index (χ4n) is 2.49. The molecule has 0 atom stereocenters. The summed E-state index contributed by atoms with van der Waals surface area (Å²) in [6, 6.07) is 31.9. The molecule has 0 nitrogen and oxygen atoms in total. The Labute approximate surface area is 149 Å². The average molecular weight is 300 g/mol. The van der Waals surface area contributed by atoms with Crippen LogP contribution in [0, 0.1) is 0 Å². The topological polar surface area (TPSA) is 0 Å². The number of rotatable bonds is 3. The molecule has 0 radical (unpaired) electrons. The Balaban J connectivity index is 0.00000161.